The van der Waals surface area contributed by atoms with Crippen molar-refractivity contribution in [1.82, 2.24) is 10.6 Å². The highest BCUT2D eigenvalue weighted by molar-refractivity contribution is 5.99. The van der Waals surface area contributed by atoms with Crippen molar-refractivity contribution in [2.75, 3.05) is 20.8 Å². The van der Waals surface area contributed by atoms with E-state index in [0.717, 1.165) is 12.0 Å². The molecule has 2 rings (SSSR count). The number of rotatable bonds is 8. The number of hydrogen-bond donors (Lipinski definition) is 2. The van der Waals surface area contributed by atoms with E-state index in [2.05, 4.69) is 10.6 Å². The lowest BCUT2D eigenvalue weighted by Gasteiger charge is -2.11. The zero-order chi connectivity index (χ0) is 18.9. The molecule has 2 aromatic carbocycles. The highest BCUT2D eigenvalue weighted by Gasteiger charge is 2.11. The van der Waals surface area contributed by atoms with Gasteiger partial charge in [0.25, 0.3) is 11.8 Å². The van der Waals surface area contributed by atoms with Crippen LogP contribution in [-0.2, 0) is 6.54 Å². The summed E-state index contributed by atoms with van der Waals surface area (Å²) in [5.41, 5.74) is 1.79. The first-order valence-electron chi connectivity index (χ1n) is 8.46. The van der Waals surface area contributed by atoms with Gasteiger partial charge in [-0.25, -0.2) is 0 Å². The molecule has 0 aliphatic rings. The van der Waals surface area contributed by atoms with Gasteiger partial charge >= 0.3 is 0 Å². The molecule has 0 unspecified atom stereocenters. The Morgan fingerprint density at radius 3 is 2.15 bits per heavy atom. The lowest BCUT2D eigenvalue weighted by atomic mass is 10.1. The van der Waals surface area contributed by atoms with Gasteiger partial charge in [-0.3, -0.25) is 9.59 Å². The van der Waals surface area contributed by atoms with Gasteiger partial charge in [0.2, 0.25) is 0 Å². The fourth-order valence-corrected chi connectivity index (χ4v) is 2.42. The Labute approximate surface area is 153 Å². The van der Waals surface area contributed by atoms with Crippen LogP contribution in [-0.4, -0.2) is 32.6 Å². The molecule has 0 atom stereocenters. The summed E-state index contributed by atoms with van der Waals surface area (Å²) >= 11 is 0. The van der Waals surface area contributed by atoms with Gasteiger partial charge in [-0.1, -0.05) is 19.1 Å². The fourth-order valence-electron chi connectivity index (χ4n) is 2.42. The van der Waals surface area contributed by atoms with Crippen molar-refractivity contribution in [3.8, 4) is 11.5 Å². The molecule has 2 amide bonds. The first kappa shape index (κ1) is 19.3. The molecule has 2 N–H and O–H groups in total. The number of hydrogen-bond acceptors (Lipinski definition) is 4. The molecule has 0 heterocycles. The number of benzene rings is 2. The maximum Gasteiger partial charge on any atom is 0.251 e. The summed E-state index contributed by atoms with van der Waals surface area (Å²) in [6.45, 7) is 2.93. The lowest BCUT2D eigenvalue weighted by molar-refractivity contribution is 0.0950. The van der Waals surface area contributed by atoms with Crippen molar-refractivity contribution in [2.45, 2.75) is 19.9 Å². The number of methoxy groups -OCH3 is 2. The van der Waals surface area contributed by atoms with Crippen LogP contribution < -0.4 is 20.1 Å². The monoisotopic (exact) mass is 356 g/mol. The molecule has 0 saturated heterocycles. The van der Waals surface area contributed by atoms with Crippen LogP contribution in [0.3, 0.4) is 0 Å². The van der Waals surface area contributed by atoms with Gasteiger partial charge in [0, 0.05) is 24.2 Å². The lowest BCUT2D eigenvalue weighted by Crippen LogP contribution is -2.26. The Morgan fingerprint density at radius 2 is 1.54 bits per heavy atom. The van der Waals surface area contributed by atoms with Crippen molar-refractivity contribution >= 4 is 11.8 Å². The van der Waals surface area contributed by atoms with E-state index in [1.54, 1.807) is 44.6 Å². The number of carbonyl (C=O) groups is 2. The minimum atomic E-state index is -0.245. The average molecular weight is 356 g/mol. The summed E-state index contributed by atoms with van der Waals surface area (Å²) in [7, 11) is 3.14. The van der Waals surface area contributed by atoms with Crippen molar-refractivity contribution in [2.24, 2.45) is 0 Å². The number of nitrogens with one attached hydrogen (secondary N) is 2. The predicted molar refractivity (Wildman–Crippen MR) is 99.8 cm³/mol. The molecule has 0 saturated carbocycles. The molecule has 0 aromatic heterocycles. The number of amides is 2. The van der Waals surface area contributed by atoms with Gasteiger partial charge in [0.1, 0.15) is 0 Å². The van der Waals surface area contributed by atoms with E-state index in [1.807, 2.05) is 19.1 Å². The van der Waals surface area contributed by atoms with Gasteiger partial charge in [-0.2, -0.15) is 0 Å². The SMILES string of the molecule is CCCNC(=O)c1cccc(C(=O)NCc2ccc(OC)c(OC)c2)c1. The van der Waals surface area contributed by atoms with E-state index in [4.69, 9.17) is 9.47 Å². The van der Waals surface area contributed by atoms with E-state index >= 15 is 0 Å². The maximum atomic E-state index is 12.4. The molecule has 2 aromatic rings. The predicted octanol–water partition coefficient (Wildman–Crippen LogP) is 2.77. The Hall–Kier alpha value is -3.02. The standard InChI is InChI=1S/C20H24N2O4/c1-4-10-21-19(23)15-6-5-7-16(12-15)20(24)22-13-14-8-9-17(25-2)18(11-14)26-3/h5-9,11-12H,4,10,13H2,1-3H3,(H,21,23)(H,22,24). The van der Waals surface area contributed by atoms with Crippen LogP contribution in [0, 0.1) is 0 Å². The second kappa shape index (κ2) is 9.46. The quantitative estimate of drug-likeness (QED) is 0.762. The molecule has 138 valence electrons. The normalized spacial score (nSPS) is 10.1. The third-order valence-corrected chi connectivity index (χ3v) is 3.82. The second-order valence-corrected chi connectivity index (χ2v) is 5.71. The van der Waals surface area contributed by atoms with Crippen molar-refractivity contribution in [3.63, 3.8) is 0 Å². The van der Waals surface area contributed by atoms with Gasteiger partial charge in [0.05, 0.1) is 14.2 Å². The molecule has 26 heavy (non-hydrogen) atoms. The topological polar surface area (TPSA) is 76.7 Å². The van der Waals surface area contributed by atoms with Crippen LogP contribution in [0.5, 0.6) is 11.5 Å². The molecular weight excluding hydrogens is 332 g/mol. The molecular formula is C20H24N2O4. The molecule has 6 heteroatoms. The van der Waals surface area contributed by atoms with Crippen LogP contribution in [0.25, 0.3) is 0 Å². The molecule has 0 fully saturated rings. The molecule has 0 bridgehead atoms. The van der Waals surface area contributed by atoms with Crippen LogP contribution in [0.1, 0.15) is 39.6 Å². The van der Waals surface area contributed by atoms with Crippen LogP contribution in [0.2, 0.25) is 0 Å². The Balaban J connectivity index is 2.03. The highest BCUT2D eigenvalue weighted by atomic mass is 16.5. The first-order chi connectivity index (χ1) is 12.6. The summed E-state index contributed by atoms with van der Waals surface area (Å²) in [5, 5.41) is 5.65. The van der Waals surface area contributed by atoms with Gasteiger partial charge in [0.15, 0.2) is 11.5 Å². The van der Waals surface area contributed by atoms with Crippen LogP contribution in [0.4, 0.5) is 0 Å². The molecule has 0 spiro atoms. The second-order valence-electron chi connectivity index (χ2n) is 5.71. The maximum absolute atomic E-state index is 12.4. The van der Waals surface area contributed by atoms with E-state index in [1.165, 1.54) is 0 Å². The fraction of sp³-hybridized carbons (Fsp3) is 0.300. The summed E-state index contributed by atoms with van der Waals surface area (Å²) in [6.07, 6.45) is 0.858. The summed E-state index contributed by atoms with van der Waals surface area (Å²) in [5.74, 6) is 0.813. The molecule has 0 aliphatic heterocycles. The zero-order valence-electron chi connectivity index (χ0n) is 15.3. The van der Waals surface area contributed by atoms with E-state index in [-0.39, 0.29) is 11.8 Å². The highest BCUT2D eigenvalue weighted by Crippen LogP contribution is 2.27. The molecule has 0 aliphatic carbocycles. The Morgan fingerprint density at radius 1 is 0.885 bits per heavy atom. The smallest absolute Gasteiger partial charge is 0.251 e. The van der Waals surface area contributed by atoms with E-state index < -0.39 is 0 Å². The number of carbonyl (C=O) groups excluding carboxylic acids is 2. The van der Waals surface area contributed by atoms with Gasteiger partial charge in [-0.15, -0.1) is 0 Å². The molecule has 6 nitrogen and oxygen atoms in total. The molecule has 0 radical (unpaired) electrons. The van der Waals surface area contributed by atoms with Crippen molar-refractivity contribution in [3.05, 3.63) is 59.2 Å². The van der Waals surface area contributed by atoms with Crippen molar-refractivity contribution < 1.29 is 19.1 Å². The summed E-state index contributed by atoms with van der Waals surface area (Å²) in [4.78, 5) is 24.4. The number of ether oxygens (including phenoxy) is 2. The first-order valence-corrected chi connectivity index (χ1v) is 8.46. The van der Waals surface area contributed by atoms with Crippen molar-refractivity contribution in [1.29, 1.82) is 0 Å². The summed E-state index contributed by atoms with van der Waals surface area (Å²) in [6, 6.07) is 12.1. The third kappa shape index (κ3) is 4.99. The minimum absolute atomic E-state index is 0.179. The van der Waals surface area contributed by atoms with E-state index in [9.17, 15) is 9.59 Å². The zero-order valence-corrected chi connectivity index (χ0v) is 15.3. The third-order valence-electron chi connectivity index (χ3n) is 3.82. The van der Waals surface area contributed by atoms with Gasteiger partial charge in [-0.05, 0) is 42.3 Å². The minimum Gasteiger partial charge on any atom is -0.493 e. The van der Waals surface area contributed by atoms with E-state index in [0.29, 0.717) is 35.7 Å². The van der Waals surface area contributed by atoms with Crippen LogP contribution in [0.15, 0.2) is 42.5 Å². The summed E-state index contributed by atoms with van der Waals surface area (Å²) < 4.78 is 10.5. The Kier molecular flexibility index (Phi) is 7.02. The average Bonchev–Trinajstić information content (AvgIpc) is 2.69. The Bertz CT molecular complexity index is 774. The van der Waals surface area contributed by atoms with Crippen LogP contribution >= 0.6 is 0 Å². The van der Waals surface area contributed by atoms with Gasteiger partial charge < -0.3 is 20.1 Å². The largest absolute Gasteiger partial charge is 0.493 e.